The summed E-state index contributed by atoms with van der Waals surface area (Å²) in [6, 6.07) is 19.4. The minimum atomic E-state index is -1.47. The Kier molecular flexibility index (Phi) is 49.6. The van der Waals surface area contributed by atoms with E-state index in [0.29, 0.717) is 52.9 Å². The molecular weight excluding hydrogens is 1780 g/mol. The van der Waals surface area contributed by atoms with Crippen molar-refractivity contribution >= 4 is 143 Å². The lowest BCUT2D eigenvalue weighted by Crippen LogP contribution is -2.49. The van der Waals surface area contributed by atoms with Gasteiger partial charge in [0.2, 0.25) is 11.8 Å². The third kappa shape index (κ3) is 40.4. The Bertz CT molecular complexity index is 4760. The minimum Gasteiger partial charge on any atom is -0.505 e. The van der Waals surface area contributed by atoms with Crippen molar-refractivity contribution in [3.8, 4) is 11.5 Å². The van der Waals surface area contributed by atoms with Crippen LogP contribution in [0.2, 0.25) is 0 Å². The fourth-order valence-corrected chi connectivity index (χ4v) is 14.8. The van der Waals surface area contributed by atoms with Gasteiger partial charge in [-0.1, -0.05) is 97.1 Å². The van der Waals surface area contributed by atoms with E-state index in [1.165, 1.54) is 12.1 Å². The van der Waals surface area contributed by atoms with Crippen molar-refractivity contribution in [1.82, 2.24) is 31.9 Å². The number of ketones is 6. The van der Waals surface area contributed by atoms with Crippen molar-refractivity contribution < 1.29 is 169 Å². The van der Waals surface area contributed by atoms with Crippen LogP contribution in [0.3, 0.4) is 0 Å². The zero-order valence-corrected chi connectivity index (χ0v) is 73.2. The second-order valence-electron chi connectivity index (χ2n) is 29.8. The van der Waals surface area contributed by atoms with Crippen LogP contribution in [0.4, 0.5) is 14.0 Å². The number of rotatable bonds is 62. The summed E-state index contributed by atoms with van der Waals surface area (Å²) < 4.78 is 51.7. The SMILES string of the molecule is O=C=O.O=CO[C@H](CCC(=O)O)NC(=O)N[C@@H](CCC(=O)CCCOCCOCCC(=O)C[C@@H](Cc1ccccc1)C(=O)N[C@@H](CS)C(=O)O)C(=O)O.O=CO[C@H](CCC(=O)O)NC(=O)N[C@@H](CCC(=O)CCCOCCOCCC(=O)C[C@@H](Cc1ccccc1)C(=O)N[C@@H](CSC1CC(=O)C(c2ccc(C3=C4C=CCC=C4Oc4cc(O)c(F)cc43)cc2)C1=O)C(=O)O)C(=O)O. The maximum atomic E-state index is 14.6. The average Bonchev–Trinajstić information content (AvgIpc) is 0.874. The first-order chi connectivity index (χ1) is 63.2. The molecule has 714 valence electrons. The van der Waals surface area contributed by atoms with Crippen LogP contribution >= 0.6 is 24.4 Å². The molecule has 6 amide bonds. The molecular formula is C89H105FN6O34S2. The van der Waals surface area contributed by atoms with Crippen molar-refractivity contribution in [2.45, 2.75) is 176 Å². The molecule has 13 N–H and O–H groups in total. The summed E-state index contributed by atoms with van der Waals surface area (Å²) in [6.45, 7) is 1.03. The highest BCUT2D eigenvalue weighted by Gasteiger charge is 2.44. The smallest absolute Gasteiger partial charge is 0.373 e. The van der Waals surface area contributed by atoms with Gasteiger partial charge in [0.1, 0.15) is 70.5 Å². The van der Waals surface area contributed by atoms with Crippen LogP contribution in [0.15, 0.2) is 127 Å². The molecule has 1 saturated carbocycles. The number of ether oxygens (including phenoxy) is 7. The maximum Gasteiger partial charge on any atom is 0.373 e. The second kappa shape index (κ2) is 59.9. The molecule has 43 heteroatoms. The molecule has 4 aromatic rings. The lowest BCUT2D eigenvalue weighted by atomic mass is 9.86. The van der Waals surface area contributed by atoms with Gasteiger partial charge in [-0.25, -0.2) is 33.2 Å². The van der Waals surface area contributed by atoms with Gasteiger partial charge in [-0.15, -0.1) is 11.8 Å². The van der Waals surface area contributed by atoms with Gasteiger partial charge in [-0.2, -0.15) is 22.2 Å². The Morgan fingerprint density at radius 2 is 0.977 bits per heavy atom. The van der Waals surface area contributed by atoms with E-state index in [-0.39, 0.29) is 214 Å². The fourth-order valence-electron chi connectivity index (χ4n) is 13.4. The number of amides is 6. The van der Waals surface area contributed by atoms with Gasteiger partial charge in [-0.05, 0) is 79.3 Å². The van der Waals surface area contributed by atoms with E-state index in [0.717, 1.165) is 22.9 Å². The van der Waals surface area contributed by atoms with Crippen LogP contribution in [0.1, 0.15) is 149 Å². The topological polar surface area (TPSA) is 620 Å². The van der Waals surface area contributed by atoms with Crippen molar-refractivity contribution in [3.05, 3.63) is 160 Å². The van der Waals surface area contributed by atoms with Gasteiger partial charge in [0, 0.05) is 130 Å². The van der Waals surface area contributed by atoms with Crippen LogP contribution in [-0.4, -0.2) is 255 Å². The molecule has 4 aromatic carbocycles. The summed E-state index contributed by atoms with van der Waals surface area (Å²) in [7, 11) is 0. The number of allylic oxidation sites excluding steroid dienone is 3. The van der Waals surface area contributed by atoms with Crippen molar-refractivity contribution in [3.63, 3.8) is 0 Å². The first kappa shape index (κ1) is 109. The van der Waals surface area contributed by atoms with E-state index < -0.39 is 150 Å². The number of phenolic OH excluding ortho intramolecular Hbond substituents is 1. The van der Waals surface area contributed by atoms with E-state index in [2.05, 4.69) is 54.0 Å². The number of carboxylic acids is 6. The number of fused-ring (bicyclic) bond motifs is 2. The quantitative estimate of drug-likeness (QED) is 0.00823. The number of carbonyl (C=O) groups excluding carboxylic acids is 14. The molecule has 1 aliphatic heterocycles. The molecule has 0 spiro atoms. The molecule has 40 nitrogen and oxygen atoms in total. The molecule has 0 bridgehead atoms. The number of halogens is 1. The largest absolute Gasteiger partial charge is 0.505 e. The summed E-state index contributed by atoms with van der Waals surface area (Å²) in [6.07, 6.45) is 2.39. The molecule has 1 fully saturated rings. The van der Waals surface area contributed by atoms with Crippen molar-refractivity contribution in [1.29, 1.82) is 0 Å². The number of carbonyl (C=O) groups is 18. The van der Waals surface area contributed by atoms with Gasteiger partial charge in [0.25, 0.3) is 12.9 Å². The van der Waals surface area contributed by atoms with E-state index in [4.69, 9.17) is 43.5 Å². The number of phenols is 1. The maximum absolute atomic E-state index is 14.6. The van der Waals surface area contributed by atoms with Crippen LogP contribution < -0.4 is 36.6 Å². The number of thiol groups is 1. The Labute approximate surface area is 765 Å². The first-order valence-electron chi connectivity index (χ1n) is 41.6. The molecule has 132 heavy (non-hydrogen) atoms. The average molecular weight is 1890 g/mol. The number of Topliss-reactive ketones (excluding diaryl/α,β-unsaturated/α-hetero) is 6. The Balaban J connectivity index is 0.000000501. The molecule has 0 saturated heterocycles. The molecule has 2 aliphatic carbocycles. The molecule has 0 radical (unpaired) electrons. The predicted molar refractivity (Wildman–Crippen MR) is 462 cm³/mol. The summed E-state index contributed by atoms with van der Waals surface area (Å²) in [5, 5.41) is 78.6. The predicted octanol–water partition coefficient (Wildman–Crippen LogP) is 5.74. The summed E-state index contributed by atoms with van der Waals surface area (Å²) in [5.74, 6) is -14.7. The van der Waals surface area contributed by atoms with E-state index in [9.17, 15) is 116 Å². The molecule has 10 atom stereocenters. The van der Waals surface area contributed by atoms with Crippen LogP contribution in [0.5, 0.6) is 11.5 Å². The minimum absolute atomic E-state index is 0.00593. The van der Waals surface area contributed by atoms with Gasteiger partial charge in [-0.3, -0.25) is 57.5 Å². The molecule has 7 rings (SSSR count). The Morgan fingerprint density at radius 3 is 1.41 bits per heavy atom. The third-order valence-corrected chi connectivity index (χ3v) is 21.7. The molecule has 1 heterocycles. The zero-order chi connectivity index (χ0) is 97.0. The third-order valence-electron chi connectivity index (χ3n) is 20.0. The number of thioether (sulfide) groups is 1. The van der Waals surface area contributed by atoms with Crippen LogP contribution in [0, 0.1) is 17.7 Å². The van der Waals surface area contributed by atoms with Gasteiger partial charge < -0.3 is 101 Å². The van der Waals surface area contributed by atoms with E-state index in [1.54, 1.807) is 66.7 Å². The van der Waals surface area contributed by atoms with Crippen molar-refractivity contribution in [2.75, 3.05) is 64.4 Å². The van der Waals surface area contributed by atoms with Crippen LogP contribution in [0.25, 0.3) is 5.57 Å². The molecule has 3 aliphatic rings. The number of urea groups is 2. The van der Waals surface area contributed by atoms with Crippen molar-refractivity contribution in [2.24, 2.45) is 11.8 Å². The highest BCUT2D eigenvalue weighted by atomic mass is 32.2. The second-order valence-corrected chi connectivity index (χ2v) is 31.4. The number of hydrogen-bond acceptors (Lipinski definition) is 30. The number of carboxylic acid groups (broad SMARTS) is 6. The Morgan fingerprint density at radius 1 is 0.530 bits per heavy atom. The zero-order valence-electron chi connectivity index (χ0n) is 71.5. The van der Waals surface area contributed by atoms with Gasteiger partial charge in [0.15, 0.2) is 29.8 Å². The molecule has 0 aromatic heterocycles. The number of aliphatic carboxylic acids is 6. The number of hydrogen-bond donors (Lipinski definition) is 14. The highest BCUT2D eigenvalue weighted by molar-refractivity contribution is 8.00. The summed E-state index contributed by atoms with van der Waals surface area (Å²) in [5.41, 5.74) is 4.36. The van der Waals surface area contributed by atoms with Crippen LogP contribution in [-0.2, 0) is 128 Å². The summed E-state index contributed by atoms with van der Waals surface area (Å²) >= 11 is 4.91. The standard InChI is InChI=1S/C56H60FN3O18S.C32H45N3O14S.CO2/c57-40-27-39-46(28-43(40)64)78-45-11-5-4-10-38(45)50(39)33-12-14-34(15-13-33)51-44(65)29-47(52(51)68)79-30-42(55(72)73)58-53(69)35(25-32-7-2-1-3-8-32)26-37(63)20-22-76-24-23-75-21-6-9-36(62)16-17-41(54(70)71)59-56(74)60-48(77-31-61)18-19-49(66)67;36-20-49-27(10-11-28(39)40)35-32(46)34-25(30(42)43)9-8-23(37)7-4-13-47-15-16-48-14-12-24(38)18-22(17-21-5-2-1-3-6-21)29(41)33-26(19-50)31(44)45;2-1-3/h1-4,7-8,10-15,27-28,31,35,41-42,47-48,51,64H,5-6,9,16-26,29-30H2,(H,58,69)(H,66,67)(H,70,71)(H,72,73)(H2,59,60,74);1-3,5-6,20,22,25-27,50H,4,7-19H2,(H,33,41)(H,39,40)(H,42,43)(H,44,45)(H2,34,35,46);/t35-,41+,42+,47?,48-,51?;22-,25+,26+,27-;/m11./s1. The lowest BCUT2D eigenvalue weighted by molar-refractivity contribution is -0.192. The summed E-state index contributed by atoms with van der Waals surface area (Å²) in [4.78, 5) is 235. The Hall–Kier alpha value is -13.2. The van der Waals surface area contributed by atoms with E-state index in [1.807, 2.05) is 36.4 Å². The number of aromatic hydroxyl groups is 1. The number of nitrogens with one attached hydrogen (secondary N) is 6. The van der Waals surface area contributed by atoms with E-state index >= 15 is 0 Å². The van der Waals surface area contributed by atoms with Gasteiger partial charge in [0.05, 0.1) is 57.7 Å². The fraction of sp³-hybridized carbons (Fsp3) is 0.449. The lowest BCUT2D eigenvalue weighted by Gasteiger charge is -2.27. The highest BCUT2D eigenvalue weighted by Crippen LogP contribution is 2.46. The normalized spacial score (nSPS) is 15.2. The monoisotopic (exact) mass is 1880 g/mol. The number of benzene rings is 4. The van der Waals surface area contributed by atoms with Gasteiger partial charge >= 0.3 is 54.0 Å². The molecule has 2 unspecified atom stereocenters. The first-order valence-corrected chi connectivity index (χ1v) is 43.3.